The lowest BCUT2D eigenvalue weighted by molar-refractivity contribution is -0.117. The summed E-state index contributed by atoms with van der Waals surface area (Å²) in [5, 5.41) is 0. The molecule has 1 aromatic heterocycles. The number of benzene rings is 1. The Balaban J connectivity index is 1.55. The summed E-state index contributed by atoms with van der Waals surface area (Å²) >= 11 is 0. The van der Waals surface area contributed by atoms with Crippen LogP contribution in [-0.4, -0.2) is 35.0 Å². The molecular weight excluding hydrogens is 312 g/mol. The Morgan fingerprint density at radius 3 is 2.71 bits per heavy atom. The lowest BCUT2D eigenvalue weighted by Gasteiger charge is -2.18. The maximum absolute atomic E-state index is 11.7. The smallest absolute Gasteiger partial charge is 0.289 e. The van der Waals surface area contributed by atoms with Crippen molar-refractivity contribution in [2.75, 3.05) is 13.2 Å². The fourth-order valence-corrected chi connectivity index (χ4v) is 1.98. The monoisotopic (exact) mass is 326 g/mol. The molecule has 0 aliphatic carbocycles. The summed E-state index contributed by atoms with van der Waals surface area (Å²) in [7, 11) is 0. The quantitative estimate of drug-likeness (QED) is 0.636. The Kier molecular flexibility index (Phi) is 4.66. The molecular formula is C16H14N4O4. The third-order valence-electron chi connectivity index (χ3n) is 3.09. The lowest BCUT2D eigenvalue weighted by atomic mass is 10.2. The van der Waals surface area contributed by atoms with Gasteiger partial charge in [-0.15, -0.1) is 0 Å². The van der Waals surface area contributed by atoms with Gasteiger partial charge in [-0.05, 0) is 23.8 Å². The van der Waals surface area contributed by atoms with E-state index in [0.29, 0.717) is 24.7 Å². The van der Waals surface area contributed by atoms with E-state index < -0.39 is 11.8 Å². The number of nitrogens with one attached hydrogen (secondary N) is 2. The molecule has 0 atom stereocenters. The summed E-state index contributed by atoms with van der Waals surface area (Å²) in [6.07, 6.45) is 7.03. The summed E-state index contributed by atoms with van der Waals surface area (Å²) in [6, 6.07) is 5.35. The third kappa shape index (κ3) is 3.86. The van der Waals surface area contributed by atoms with Gasteiger partial charge in [0.05, 0.1) is 6.20 Å². The number of ether oxygens (including phenoxy) is 2. The van der Waals surface area contributed by atoms with Gasteiger partial charge in [-0.25, -0.2) is 4.98 Å². The van der Waals surface area contributed by atoms with Gasteiger partial charge in [-0.2, -0.15) is 0 Å². The van der Waals surface area contributed by atoms with Gasteiger partial charge in [0.1, 0.15) is 18.9 Å². The summed E-state index contributed by atoms with van der Waals surface area (Å²) in [4.78, 5) is 31.0. The molecule has 0 bridgehead atoms. The molecule has 0 saturated heterocycles. The largest absolute Gasteiger partial charge is 0.486 e. The Morgan fingerprint density at radius 1 is 1.08 bits per heavy atom. The van der Waals surface area contributed by atoms with Crippen LogP contribution in [0, 0.1) is 0 Å². The molecule has 1 aliphatic rings. The van der Waals surface area contributed by atoms with E-state index in [1.165, 1.54) is 24.7 Å². The molecule has 0 fully saturated rings. The van der Waals surface area contributed by atoms with E-state index in [4.69, 9.17) is 9.47 Å². The molecule has 8 nitrogen and oxygen atoms in total. The molecule has 8 heteroatoms. The highest BCUT2D eigenvalue weighted by Gasteiger charge is 2.11. The van der Waals surface area contributed by atoms with E-state index in [-0.39, 0.29) is 5.69 Å². The van der Waals surface area contributed by atoms with Gasteiger partial charge in [0, 0.05) is 18.5 Å². The number of amides is 2. The van der Waals surface area contributed by atoms with Crippen molar-refractivity contribution in [1.82, 2.24) is 20.8 Å². The molecule has 3 rings (SSSR count). The molecule has 2 amide bonds. The van der Waals surface area contributed by atoms with E-state index in [0.717, 1.165) is 5.56 Å². The molecule has 1 aliphatic heterocycles. The van der Waals surface area contributed by atoms with Crippen LogP contribution in [0.1, 0.15) is 16.1 Å². The van der Waals surface area contributed by atoms with Crippen LogP contribution >= 0.6 is 0 Å². The molecule has 2 aromatic rings. The van der Waals surface area contributed by atoms with Crippen molar-refractivity contribution in [2.45, 2.75) is 0 Å². The number of hydrogen-bond acceptors (Lipinski definition) is 6. The summed E-state index contributed by atoms with van der Waals surface area (Å²) < 4.78 is 10.9. The van der Waals surface area contributed by atoms with Crippen LogP contribution in [0.15, 0.2) is 42.9 Å². The zero-order valence-corrected chi connectivity index (χ0v) is 12.6. The van der Waals surface area contributed by atoms with E-state index in [1.807, 2.05) is 0 Å². The molecule has 24 heavy (non-hydrogen) atoms. The summed E-state index contributed by atoms with van der Waals surface area (Å²) in [5.41, 5.74) is 5.39. The second-order valence-electron chi connectivity index (χ2n) is 4.77. The van der Waals surface area contributed by atoms with Crippen LogP contribution < -0.4 is 20.3 Å². The topological polar surface area (TPSA) is 102 Å². The van der Waals surface area contributed by atoms with Crippen molar-refractivity contribution < 1.29 is 19.1 Å². The van der Waals surface area contributed by atoms with E-state index in [9.17, 15) is 9.59 Å². The number of hydrogen-bond donors (Lipinski definition) is 2. The van der Waals surface area contributed by atoms with Gasteiger partial charge >= 0.3 is 0 Å². The van der Waals surface area contributed by atoms with Crippen LogP contribution in [0.25, 0.3) is 6.08 Å². The number of aromatic nitrogens is 2. The zero-order chi connectivity index (χ0) is 16.8. The molecule has 122 valence electrons. The maximum atomic E-state index is 11.7. The van der Waals surface area contributed by atoms with Crippen LogP contribution in [0.3, 0.4) is 0 Å². The van der Waals surface area contributed by atoms with Crippen LogP contribution in [-0.2, 0) is 4.79 Å². The SMILES string of the molecule is O=C(/C=C/c1ccc2c(c1)OCCO2)NNC(=O)c1cnccn1. The fraction of sp³-hybridized carbons (Fsp3) is 0.125. The molecule has 2 heterocycles. The first-order valence-corrected chi connectivity index (χ1v) is 7.16. The molecule has 0 unspecified atom stereocenters. The van der Waals surface area contributed by atoms with E-state index >= 15 is 0 Å². The second kappa shape index (κ2) is 7.23. The van der Waals surface area contributed by atoms with Crippen molar-refractivity contribution >= 4 is 17.9 Å². The lowest BCUT2D eigenvalue weighted by Crippen LogP contribution is -2.41. The number of carbonyl (C=O) groups is 2. The fourth-order valence-electron chi connectivity index (χ4n) is 1.98. The number of hydrazine groups is 1. The average Bonchev–Trinajstić information content (AvgIpc) is 2.65. The molecule has 1 aromatic carbocycles. The van der Waals surface area contributed by atoms with Crippen LogP contribution in [0.5, 0.6) is 11.5 Å². The minimum absolute atomic E-state index is 0.105. The number of nitrogens with zero attached hydrogens (tertiary/aromatic N) is 2. The van der Waals surface area contributed by atoms with E-state index in [2.05, 4.69) is 20.8 Å². The zero-order valence-electron chi connectivity index (χ0n) is 12.6. The predicted molar refractivity (Wildman–Crippen MR) is 84.1 cm³/mol. The van der Waals surface area contributed by atoms with Crippen molar-refractivity contribution in [3.8, 4) is 11.5 Å². The molecule has 2 N–H and O–H groups in total. The van der Waals surface area contributed by atoms with Crippen molar-refractivity contribution in [1.29, 1.82) is 0 Å². The number of carbonyl (C=O) groups excluding carboxylic acids is 2. The van der Waals surface area contributed by atoms with Crippen LogP contribution in [0.4, 0.5) is 0 Å². The minimum Gasteiger partial charge on any atom is -0.486 e. The van der Waals surface area contributed by atoms with Gasteiger partial charge in [0.2, 0.25) is 0 Å². The summed E-state index contributed by atoms with van der Waals surface area (Å²) in [5.74, 6) is 0.283. The van der Waals surface area contributed by atoms with Crippen LogP contribution in [0.2, 0.25) is 0 Å². The highest BCUT2D eigenvalue weighted by molar-refractivity contribution is 5.96. The predicted octanol–water partition coefficient (Wildman–Crippen LogP) is 0.722. The Morgan fingerprint density at radius 2 is 1.92 bits per heavy atom. The highest BCUT2D eigenvalue weighted by Crippen LogP contribution is 2.30. The molecule has 0 radical (unpaired) electrons. The highest BCUT2D eigenvalue weighted by atomic mass is 16.6. The first-order valence-electron chi connectivity index (χ1n) is 7.16. The van der Waals surface area contributed by atoms with E-state index in [1.54, 1.807) is 24.3 Å². The molecule has 0 spiro atoms. The third-order valence-corrected chi connectivity index (χ3v) is 3.09. The Hall–Kier alpha value is -3.42. The first-order chi connectivity index (χ1) is 11.7. The second-order valence-corrected chi connectivity index (χ2v) is 4.77. The number of rotatable bonds is 3. The minimum atomic E-state index is -0.552. The number of fused-ring (bicyclic) bond motifs is 1. The van der Waals surface area contributed by atoms with Gasteiger partial charge < -0.3 is 9.47 Å². The van der Waals surface area contributed by atoms with Gasteiger partial charge in [0.25, 0.3) is 11.8 Å². The van der Waals surface area contributed by atoms with Gasteiger partial charge in [0.15, 0.2) is 11.5 Å². The standard InChI is InChI=1S/C16H14N4O4/c21-15(19-20-16(22)12-10-17-5-6-18-12)4-2-11-1-3-13-14(9-11)24-8-7-23-13/h1-6,9-10H,7-8H2,(H,19,21)(H,20,22)/b4-2+. The first kappa shape index (κ1) is 15.5. The average molecular weight is 326 g/mol. The Bertz CT molecular complexity index is 777. The normalized spacial score (nSPS) is 12.7. The van der Waals surface area contributed by atoms with Gasteiger partial charge in [-0.1, -0.05) is 6.07 Å². The Labute approximate surface area is 137 Å². The van der Waals surface area contributed by atoms with Gasteiger partial charge in [-0.3, -0.25) is 25.4 Å². The van der Waals surface area contributed by atoms with Crippen molar-refractivity contribution in [3.63, 3.8) is 0 Å². The van der Waals surface area contributed by atoms with Crippen molar-refractivity contribution in [3.05, 3.63) is 54.1 Å². The summed E-state index contributed by atoms with van der Waals surface area (Å²) in [6.45, 7) is 1.02. The maximum Gasteiger partial charge on any atom is 0.289 e. The van der Waals surface area contributed by atoms with Crippen molar-refractivity contribution in [2.24, 2.45) is 0 Å². The molecule has 0 saturated carbocycles.